The zero-order valence-corrected chi connectivity index (χ0v) is 17.2. The van der Waals surface area contributed by atoms with E-state index in [1.807, 2.05) is 0 Å². The normalized spacial score (nSPS) is 56.2. The van der Waals surface area contributed by atoms with Crippen LogP contribution in [0.1, 0.15) is 13.8 Å². The molecule has 3 rings (SSSR count). The molecule has 0 aliphatic carbocycles. The van der Waals surface area contributed by atoms with Crippen LogP contribution >= 0.6 is 26.5 Å². The second kappa shape index (κ2) is 7.76. The lowest BCUT2D eigenvalue weighted by Gasteiger charge is -2.26. The average molecular weight is 432 g/mol. The highest BCUT2D eigenvalue weighted by Crippen LogP contribution is 2.56. The van der Waals surface area contributed by atoms with E-state index in [4.69, 9.17) is 27.6 Å². The fourth-order valence-corrected chi connectivity index (χ4v) is 5.91. The van der Waals surface area contributed by atoms with Crippen molar-refractivity contribution in [2.45, 2.75) is 62.7 Å². The molecule has 0 aromatic carbocycles. The van der Waals surface area contributed by atoms with Gasteiger partial charge in [-0.05, 0) is 13.8 Å². The van der Waals surface area contributed by atoms with Crippen LogP contribution in [0.3, 0.4) is 0 Å². The maximum absolute atomic E-state index is 12.7. The van der Waals surface area contributed by atoms with Gasteiger partial charge in [0.1, 0.15) is 36.6 Å². The molecule has 14 heteroatoms. The lowest BCUT2D eigenvalue weighted by atomic mass is 10.1. The summed E-state index contributed by atoms with van der Waals surface area (Å²) in [4.78, 5) is 0. The van der Waals surface area contributed by atoms with E-state index in [9.17, 15) is 19.3 Å². The molecule has 10 nitrogen and oxygen atoms in total. The average Bonchev–Trinajstić information content (AvgIpc) is 2.95. The van der Waals surface area contributed by atoms with E-state index in [1.165, 1.54) is 7.57 Å². The second-order valence-electron chi connectivity index (χ2n) is 6.71. The zero-order valence-electron chi connectivity index (χ0n) is 14.5. The zero-order chi connectivity index (χ0) is 19.3. The second-order valence-corrected chi connectivity index (χ2v) is 11.6. The van der Waals surface area contributed by atoms with E-state index in [1.54, 1.807) is 13.8 Å². The summed E-state index contributed by atoms with van der Waals surface area (Å²) in [5, 5.41) is 20.6. The number of thiol groups is 1. The van der Waals surface area contributed by atoms with E-state index in [0.717, 1.165) is 0 Å². The molecule has 0 aromatic heterocycles. The summed E-state index contributed by atoms with van der Waals surface area (Å²) in [6.45, 7) is -1.14. The summed E-state index contributed by atoms with van der Waals surface area (Å²) in [6, 6.07) is 0. The standard InChI is InChI=1S/C12H23BO10P2S/c1-5-9(14)12-8(20-5)4-19-25(17,26)23-11-6(2)21-7(10(11)15)3-18-24(13,16)22-12/h5-12,14-15H,3-4,13H2,1-2H3,(H,17,26)/t5-,6-,7+,8+,9-,10+,11-,12+,24?,25?/m0/s1. The van der Waals surface area contributed by atoms with Gasteiger partial charge in [-0.25, -0.2) is 4.57 Å². The van der Waals surface area contributed by atoms with Crippen molar-refractivity contribution in [1.29, 1.82) is 0 Å². The first kappa shape index (κ1) is 21.3. The number of hydrogen-bond donors (Lipinski definition) is 3. The van der Waals surface area contributed by atoms with Crippen LogP contribution in [0.15, 0.2) is 0 Å². The lowest BCUT2D eigenvalue weighted by Crippen LogP contribution is -2.36. The Hall–Kier alpha value is 0.555. The number of ether oxygens (including phenoxy) is 2. The summed E-state index contributed by atoms with van der Waals surface area (Å²) >= 11 is 3.93. The highest BCUT2D eigenvalue weighted by atomic mass is 32.7. The molecule has 0 radical (unpaired) electrons. The Balaban J connectivity index is 1.85. The molecule has 3 aliphatic heterocycles. The SMILES string of the molecule is BP1(=O)OC[C@H]2O[C@@H](C)[C@H](OP(=O)(S)OC[C@H]3O[C@@H](C)[C@H](O)[C@@H]3O1)[C@@H]2O. The predicted octanol–water partition coefficient (Wildman–Crippen LogP) is -0.121. The minimum absolute atomic E-state index is 0.235. The first-order valence-electron chi connectivity index (χ1n) is 8.22. The topological polar surface area (TPSA) is 130 Å². The highest BCUT2D eigenvalue weighted by Gasteiger charge is 2.49. The molecule has 3 saturated heterocycles. The third-order valence-corrected chi connectivity index (χ3v) is 7.45. The molecule has 0 amide bonds. The fraction of sp³-hybridized carbons (Fsp3) is 1.00. The van der Waals surface area contributed by atoms with Crippen molar-refractivity contribution in [2.75, 3.05) is 13.2 Å². The van der Waals surface area contributed by atoms with Gasteiger partial charge in [0.05, 0.1) is 25.4 Å². The summed E-state index contributed by atoms with van der Waals surface area (Å²) < 4.78 is 57.7. The lowest BCUT2D eigenvalue weighted by molar-refractivity contribution is -0.0254. The van der Waals surface area contributed by atoms with Gasteiger partial charge in [0.25, 0.3) is 15.0 Å². The predicted molar refractivity (Wildman–Crippen MR) is 95.1 cm³/mol. The summed E-state index contributed by atoms with van der Waals surface area (Å²) in [6.07, 6.45) is -7.17. The van der Waals surface area contributed by atoms with Crippen LogP contribution < -0.4 is 0 Å². The largest absolute Gasteiger partial charge is 0.388 e. The molecule has 3 fully saturated rings. The molecule has 10 atom stereocenters. The Morgan fingerprint density at radius 3 is 2.23 bits per heavy atom. The number of aliphatic hydroxyl groups excluding tert-OH is 2. The van der Waals surface area contributed by atoms with Crippen molar-refractivity contribution < 1.29 is 46.9 Å². The van der Waals surface area contributed by atoms with Gasteiger partial charge in [-0.15, -0.1) is 0 Å². The Bertz CT molecular complexity index is 625. The monoisotopic (exact) mass is 432 g/mol. The minimum atomic E-state index is -3.87. The molecule has 2 N–H and O–H groups in total. The maximum Gasteiger partial charge on any atom is 0.386 e. The molecule has 0 spiro atoms. The molecule has 3 aliphatic rings. The number of hydrogen-bond acceptors (Lipinski definition) is 10. The van der Waals surface area contributed by atoms with Gasteiger partial charge < -0.3 is 28.7 Å². The van der Waals surface area contributed by atoms with E-state index < -0.39 is 63.1 Å². The summed E-state index contributed by atoms with van der Waals surface area (Å²) in [7, 11) is -2.36. The molecule has 2 bridgehead atoms. The highest BCUT2D eigenvalue weighted by molar-refractivity contribution is 8.44. The third kappa shape index (κ3) is 4.58. The van der Waals surface area contributed by atoms with Crippen molar-refractivity contribution in [3.63, 3.8) is 0 Å². The first-order chi connectivity index (χ1) is 12.0. The number of fused-ring (bicyclic) bond motifs is 3. The van der Waals surface area contributed by atoms with E-state index in [2.05, 4.69) is 12.2 Å². The molecule has 26 heavy (non-hydrogen) atoms. The Kier molecular flexibility index (Phi) is 6.35. The molecule has 0 aromatic rings. The van der Waals surface area contributed by atoms with Crippen molar-refractivity contribution in [2.24, 2.45) is 0 Å². The minimum Gasteiger partial charge on any atom is -0.388 e. The first-order valence-corrected chi connectivity index (χ1v) is 12.9. The van der Waals surface area contributed by atoms with Crippen molar-refractivity contribution in [3.05, 3.63) is 0 Å². The van der Waals surface area contributed by atoms with Gasteiger partial charge in [0, 0.05) is 0 Å². The van der Waals surface area contributed by atoms with Gasteiger partial charge in [-0.3, -0.25) is 13.6 Å². The third-order valence-electron chi connectivity index (χ3n) is 4.59. The number of aliphatic hydroxyl groups is 2. The Labute approximate surface area is 157 Å². The van der Waals surface area contributed by atoms with Gasteiger partial charge >= 0.3 is 6.80 Å². The van der Waals surface area contributed by atoms with Crippen LogP contribution in [0.2, 0.25) is 0 Å². The molecular formula is C12H23BO10P2S. The molecule has 0 saturated carbocycles. The van der Waals surface area contributed by atoms with Crippen LogP contribution in [0.4, 0.5) is 0 Å². The summed E-state index contributed by atoms with van der Waals surface area (Å²) in [5.41, 5.74) is 0. The fourth-order valence-electron chi connectivity index (χ4n) is 3.21. The van der Waals surface area contributed by atoms with Crippen LogP contribution in [-0.2, 0) is 36.7 Å². The summed E-state index contributed by atoms with van der Waals surface area (Å²) in [5.74, 6) is 0. The van der Waals surface area contributed by atoms with Gasteiger partial charge in [-0.2, -0.15) is 0 Å². The van der Waals surface area contributed by atoms with E-state index in [-0.39, 0.29) is 13.2 Å². The van der Waals surface area contributed by atoms with Gasteiger partial charge in [0.2, 0.25) is 0 Å². The van der Waals surface area contributed by atoms with Crippen molar-refractivity contribution in [1.82, 2.24) is 0 Å². The Morgan fingerprint density at radius 2 is 1.54 bits per heavy atom. The van der Waals surface area contributed by atoms with Gasteiger partial charge in [0.15, 0.2) is 0 Å². The molecular weight excluding hydrogens is 409 g/mol. The molecule has 3 heterocycles. The van der Waals surface area contributed by atoms with Crippen LogP contribution in [0.25, 0.3) is 0 Å². The van der Waals surface area contributed by atoms with Gasteiger partial charge in [-0.1, -0.05) is 12.2 Å². The molecule has 2 unspecified atom stereocenters. The van der Waals surface area contributed by atoms with E-state index >= 15 is 0 Å². The van der Waals surface area contributed by atoms with Crippen LogP contribution in [0.5, 0.6) is 0 Å². The maximum atomic E-state index is 12.7. The van der Waals surface area contributed by atoms with Crippen LogP contribution in [-0.4, -0.2) is 79.8 Å². The molecule has 150 valence electrons. The Morgan fingerprint density at radius 1 is 0.923 bits per heavy atom. The van der Waals surface area contributed by atoms with Crippen LogP contribution in [0, 0.1) is 0 Å². The quantitative estimate of drug-likeness (QED) is 0.271. The van der Waals surface area contributed by atoms with Crippen molar-refractivity contribution >= 4 is 34.1 Å². The number of rotatable bonds is 0. The van der Waals surface area contributed by atoms with Crippen molar-refractivity contribution in [3.8, 4) is 0 Å². The van der Waals surface area contributed by atoms with E-state index in [0.29, 0.717) is 0 Å². The smallest absolute Gasteiger partial charge is 0.386 e.